The molecule has 112 valence electrons. The van der Waals surface area contributed by atoms with Crippen LogP contribution in [0.3, 0.4) is 0 Å². The second kappa shape index (κ2) is 6.41. The lowest BCUT2D eigenvalue weighted by Crippen LogP contribution is -2.33. The van der Waals surface area contributed by atoms with E-state index in [9.17, 15) is 9.90 Å². The summed E-state index contributed by atoms with van der Waals surface area (Å²) in [7, 11) is 3.21. The van der Waals surface area contributed by atoms with E-state index < -0.39 is 6.04 Å². The van der Waals surface area contributed by atoms with Gasteiger partial charge in [-0.25, -0.2) is 0 Å². The monoisotopic (exact) mass is 290 g/mol. The van der Waals surface area contributed by atoms with Crippen LogP contribution in [0.4, 0.5) is 0 Å². The van der Waals surface area contributed by atoms with Crippen molar-refractivity contribution >= 4 is 5.91 Å². The molecule has 1 amide bonds. The largest absolute Gasteiger partial charge is 0.497 e. The van der Waals surface area contributed by atoms with Gasteiger partial charge in [0.1, 0.15) is 11.5 Å². The van der Waals surface area contributed by atoms with Gasteiger partial charge < -0.3 is 19.3 Å². The number of aryl methyl sites for hydroxylation is 1. The molecule has 0 spiro atoms. The Labute approximate surface area is 122 Å². The van der Waals surface area contributed by atoms with E-state index >= 15 is 0 Å². The molecule has 0 bridgehead atoms. The van der Waals surface area contributed by atoms with Gasteiger partial charge in [0.05, 0.1) is 19.8 Å². The molecular formula is C15H18N2O4. The molecule has 0 aliphatic heterocycles. The van der Waals surface area contributed by atoms with Crippen molar-refractivity contribution in [3.8, 4) is 5.75 Å². The van der Waals surface area contributed by atoms with Gasteiger partial charge in [0.2, 0.25) is 0 Å². The number of carbonyl (C=O) groups is 1. The van der Waals surface area contributed by atoms with Crippen LogP contribution >= 0.6 is 0 Å². The number of amides is 1. The van der Waals surface area contributed by atoms with Crippen LogP contribution in [-0.2, 0) is 0 Å². The minimum Gasteiger partial charge on any atom is -0.497 e. The van der Waals surface area contributed by atoms with E-state index in [2.05, 4.69) is 5.16 Å². The molecule has 0 radical (unpaired) electrons. The zero-order valence-corrected chi connectivity index (χ0v) is 12.2. The van der Waals surface area contributed by atoms with Crippen LogP contribution < -0.4 is 4.74 Å². The lowest BCUT2D eigenvalue weighted by Gasteiger charge is -2.26. The van der Waals surface area contributed by atoms with Gasteiger partial charge in [0.25, 0.3) is 5.91 Å². The summed E-state index contributed by atoms with van der Waals surface area (Å²) in [6.45, 7) is 1.53. The third-order valence-corrected chi connectivity index (χ3v) is 3.31. The Morgan fingerprint density at radius 3 is 2.57 bits per heavy atom. The Kier molecular flexibility index (Phi) is 4.59. The molecular weight excluding hydrogens is 272 g/mol. The second-order valence-electron chi connectivity index (χ2n) is 4.71. The van der Waals surface area contributed by atoms with E-state index in [0.717, 1.165) is 11.3 Å². The summed E-state index contributed by atoms with van der Waals surface area (Å²) < 4.78 is 10.0. The number of ether oxygens (including phenoxy) is 1. The van der Waals surface area contributed by atoms with Gasteiger partial charge in [0.15, 0.2) is 5.69 Å². The van der Waals surface area contributed by atoms with Crippen molar-refractivity contribution in [2.45, 2.75) is 13.0 Å². The highest BCUT2D eigenvalue weighted by molar-refractivity contribution is 5.92. The van der Waals surface area contributed by atoms with Gasteiger partial charge in [0, 0.05) is 13.1 Å². The van der Waals surface area contributed by atoms with E-state index in [0.29, 0.717) is 5.76 Å². The molecule has 1 aromatic heterocycles. The fraction of sp³-hybridized carbons (Fsp3) is 0.333. The predicted octanol–water partition coefficient (Wildman–Crippen LogP) is 1.80. The minimum absolute atomic E-state index is 0.189. The van der Waals surface area contributed by atoms with Crippen LogP contribution in [0.15, 0.2) is 34.9 Å². The van der Waals surface area contributed by atoms with Crippen molar-refractivity contribution in [2.24, 2.45) is 0 Å². The topological polar surface area (TPSA) is 75.8 Å². The summed E-state index contributed by atoms with van der Waals surface area (Å²) in [5, 5.41) is 13.3. The zero-order valence-electron chi connectivity index (χ0n) is 12.2. The van der Waals surface area contributed by atoms with Crippen LogP contribution in [0.2, 0.25) is 0 Å². The summed E-state index contributed by atoms with van der Waals surface area (Å²) >= 11 is 0. The lowest BCUT2D eigenvalue weighted by atomic mass is 10.1. The van der Waals surface area contributed by atoms with Gasteiger partial charge in [-0.05, 0) is 24.6 Å². The number of methoxy groups -OCH3 is 1. The third kappa shape index (κ3) is 3.22. The first-order valence-electron chi connectivity index (χ1n) is 6.52. The van der Waals surface area contributed by atoms with Gasteiger partial charge >= 0.3 is 0 Å². The van der Waals surface area contributed by atoms with Gasteiger partial charge in [-0.2, -0.15) is 0 Å². The number of hydrogen-bond acceptors (Lipinski definition) is 5. The summed E-state index contributed by atoms with van der Waals surface area (Å²) in [6.07, 6.45) is 0. The summed E-state index contributed by atoms with van der Waals surface area (Å²) in [6, 6.07) is 8.32. The molecule has 0 aliphatic rings. The van der Waals surface area contributed by atoms with Crippen molar-refractivity contribution in [3.63, 3.8) is 0 Å². The van der Waals surface area contributed by atoms with Gasteiger partial charge in [-0.15, -0.1) is 0 Å². The molecule has 1 heterocycles. The highest BCUT2D eigenvalue weighted by Crippen LogP contribution is 2.23. The number of aromatic nitrogens is 1. The number of benzene rings is 1. The van der Waals surface area contributed by atoms with Crippen molar-refractivity contribution < 1.29 is 19.2 Å². The number of rotatable bonds is 5. The molecule has 6 heteroatoms. The maximum absolute atomic E-state index is 12.3. The van der Waals surface area contributed by atoms with Crippen LogP contribution in [0.1, 0.15) is 27.9 Å². The molecule has 1 aromatic carbocycles. The first-order valence-corrected chi connectivity index (χ1v) is 6.52. The number of carbonyl (C=O) groups excluding carboxylic acids is 1. The van der Waals surface area contributed by atoms with Crippen molar-refractivity contribution in [1.82, 2.24) is 10.1 Å². The first kappa shape index (κ1) is 15.1. The quantitative estimate of drug-likeness (QED) is 0.908. The third-order valence-electron chi connectivity index (χ3n) is 3.31. The standard InChI is InChI=1S/C15H18N2O4/c1-10-8-13(16-21-10)15(19)17(2)14(9-18)11-4-6-12(20-3)7-5-11/h4-8,14,18H,9H2,1-3H3. The fourth-order valence-electron chi connectivity index (χ4n) is 2.07. The molecule has 6 nitrogen and oxygen atoms in total. The Bertz CT molecular complexity index is 606. The van der Waals surface area contributed by atoms with Crippen molar-refractivity contribution in [2.75, 3.05) is 20.8 Å². The summed E-state index contributed by atoms with van der Waals surface area (Å²) in [5.41, 5.74) is 1.04. The molecule has 0 saturated heterocycles. The Hall–Kier alpha value is -2.34. The molecule has 1 atom stereocenters. The highest BCUT2D eigenvalue weighted by atomic mass is 16.5. The van der Waals surface area contributed by atoms with E-state index in [1.165, 1.54) is 4.90 Å². The predicted molar refractivity (Wildman–Crippen MR) is 76.2 cm³/mol. The minimum atomic E-state index is -0.458. The molecule has 2 rings (SSSR count). The van der Waals surface area contributed by atoms with Crippen LogP contribution in [0.5, 0.6) is 5.75 Å². The van der Waals surface area contributed by atoms with E-state index in [4.69, 9.17) is 9.26 Å². The van der Waals surface area contributed by atoms with Crippen molar-refractivity contribution in [3.05, 3.63) is 47.3 Å². The maximum Gasteiger partial charge on any atom is 0.276 e. The van der Waals surface area contributed by atoms with E-state index in [1.54, 1.807) is 39.3 Å². The number of hydrogen-bond donors (Lipinski definition) is 1. The number of likely N-dealkylation sites (N-methyl/N-ethyl adjacent to an activating group) is 1. The second-order valence-corrected chi connectivity index (χ2v) is 4.71. The fourth-order valence-corrected chi connectivity index (χ4v) is 2.07. The molecule has 0 aliphatic carbocycles. The summed E-state index contributed by atoms with van der Waals surface area (Å²) in [4.78, 5) is 13.8. The first-order chi connectivity index (χ1) is 10.1. The number of aliphatic hydroxyl groups excluding tert-OH is 1. The van der Waals surface area contributed by atoms with Crippen LogP contribution in [0.25, 0.3) is 0 Å². The Morgan fingerprint density at radius 2 is 2.10 bits per heavy atom. The van der Waals surface area contributed by atoms with Crippen LogP contribution in [0, 0.1) is 6.92 Å². The molecule has 0 saturated carbocycles. The van der Waals surface area contributed by atoms with E-state index in [-0.39, 0.29) is 18.2 Å². The molecule has 1 N–H and O–H groups in total. The van der Waals surface area contributed by atoms with Gasteiger partial charge in [-0.1, -0.05) is 17.3 Å². The lowest BCUT2D eigenvalue weighted by molar-refractivity contribution is 0.0648. The Morgan fingerprint density at radius 1 is 1.43 bits per heavy atom. The van der Waals surface area contributed by atoms with Gasteiger partial charge in [-0.3, -0.25) is 4.79 Å². The van der Waals surface area contributed by atoms with E-state index in [1.807, 2.05) is 12.1 Å². The Balaban J connectivity index is 2.21. The molecule has 2 aromatic rings. The average Bonchev–Trinajstić information content (AvgIpc) is 2.94. The number of nitrogens with zero attached hydrogens (tertiary/aromatic N) is 2. The highest BCUT2D eigenvalue weighted by Gasteiger charge is 2.24. The number of aliphatic hydroxyl groups is 1. The van der Waals surface area contributed by atoms with Crippen LogP contribution in [-0.4, -0.2) is 41.8 Å². The SMILES string of the molecule is COc1ccc(C(CO)N(C)C(=O)c2cc(C)on2)cc1. The normalized spacial score (nSPS) is 12.0. The molecule has 0 fully saturated rings. The average molecular weight is 290 g/mol. The molecule has 21 heavy (non-hydrogen) atoms. The smallest absolute Gasteiger partial charge is 0.276 e. The molecule has 1 unspecified atom stereocenters. The maximum atomic E-state index is 12.3. The van der Waals surface area contributed by atoms with Crippen molar-refractivity contribution in [1.29, 1.82) is 0 Å². The zero-order chi connectivity index (χ0) is 15.4. The summed E-state index contributed by atoms with van der Waals surface area (Å²) in [5.74, 6) is 0.981.